The molecule has 0 bridgehead atoms. The second-order valence-corrected chi connectivity index (χ2v) is 8.19. The summed E-state index contributed by atoms with van der Waals surface area (Å²) in [6.45, 7) is 9.75. The zero-order valence-electron chi connectivity index (χ0n) is 16.5. The highest BCUT2D eigenvalue weighted by Crippen LogP contribution is 2.34. The van der Waals surface area contributed by atoms with Gasteiger partial charge in [-0.1, -0.05) is 12.8 Å². The van der Waals surface area contributed by atoms with E-state index in [1.807, 2.05) is 20.8 Å². The summed E-state index contributed by atoms with van der Waals surface area (Å²) >= 11 is 0. The number of ether oxygens (including phenoxy) is 2. The highest BCUT2D eigenvalue weighted by molar-refractivity contribution is 5.70. The standard InChI is InChI=1S/C19H30N4O3/c1-13-9-7-6-8-10-23(13)16-14-11-22(18(24)26-19(2,3)4)12-15(14)20-17(21-16)25-5/h13H,6-12H2,1-5H3. The van der Waals surface area contributed by atoms with Crippen molar-refractivity contribution in [1.29, 1.82) is 0 Å². The fraction of sp³-hybridized carbons (Fsp3) is 0.737. The normalized spacial score (nSPS) is 20.6. The van der Waals surface area contributed by atoms with Crippen molar-refractivity contribution in [3.8, 4) is 6.01 Å². The average molecular weight is 362 g/mol. The van der Waals surface area contributed by atoms with E-state index in [1.54, 1.807) is 12.0 Å². The summed E-state index contributed by atoms with van der Waals surface area (Å²) in [5.41, 5.74) is 1.36. The van der Waals surface area contributed by atoms with Crippen molar-refractivity contribution in [3.63, 3.8) is 0 Å². The molecule has 3 heterocycles. The maximum absolute atomic E-state index is 12.5. The summed E-state index contributed by atoms with van der Waals surface area (Å²) in [6.07, 6.45) is 4.48. The molecule has 1 fully saturated rings. The Bertz CT molecular complexity index is 671. The molecule has 2 aliphatic heterocycles. The van der Waals surface area contributed by atoms with Gasteiger partial charge in [0.05, 0.1) is 25.9 Å². The third-order valence-electron chi connectivity index (χ3n) is 4.90. The first kappa shape index (κ1) is 18.7. The lowest BCUT2D eigenvalue weighted by atomic mass is 10.1. The number of hydrogen-bond acceptors (Lipinski definition) is 6. The van der Waals surface area contributed by atoms with Crippen LogP contribution in [-0.4, -0.2) is 46.3 Å². The third-order valence-corrected chi connectivity index (χ3v) is 4.90. The van der Waals surface area contributed by atoms with Gasteiger partial charge in [-0.05, 0) is 40.5 Å². The van der Waals surface area contributed by atoms with Crippen molar-refractivity contribution in [1.82, 2.24) is 14.9 Å². The minimum absolute atomic E-state index is 0.315. The first-order chi connectivity index (χ1) is 12.3. The van der Waals surface area contributed by atoms with Crippen molar-refractivity contribution in [2.24, 2.45) is 0 Å². The molecule has 0 aliphatic carbocycles. The smallest absolute Gasteiger partial charge is 0.410 e. The predicted molar refractivity (Wildman–Crippen MR) is 99.3 cm³/mol. The number of rotatable bonds is 2. The summed E-state index contributed by atoms with van der Waals surface area (Å²) < 4.78 is 10.9. The average Bonchev–Trinajstić information content (AvgIpc) is 2.88. The molecule has 1 atom stereocenters. The van der Waals surface area contributed by atoms with Gasteiger partial charge in [0, 0.05) is 18.2 Å². The summed E-state index contributed by atoms with van der Waals surface area (Å²) in [4.78, 5) is 25.7. The quantitative estimate of drug-likeness (QED) is 0.802. The van der Waals surface area contributed by atoms with Crippen molar-refractivity contribution >= 4 is 11.9 Å². The van der Waals surface area contributed by atoms with Gasteiger partial charge in [-0.15, -0.1) is 0 Å². The number of carbonyl (C=O) groups excluding carboxylic acids is 1. The molecule has 0 saturated carbocycles. The van der Waals surface area contributed by atoms with Crippen LogP contribution in [0.4, 0.5) is 10.6 Å². The van der Waals surface area contributed by atoms with Crippen LogP contribution in [0.25, 0.3) is 0 Å². The number of aromatic nitrogens is 2. The number of anilines is 1. The molecule has 26 heavy (non-hydrogen) atoms. The van der Waals surface area contributed by atoms with Crippen LogP contribution in [0.2, 0.25) is 0 Å². The number of fused-ring (bicyclic) bond motifs is 1. The van der Waals surface area contributed by atoms with Crippen LogP contribution in [0.1, 0.15) is 64.6 Å². The Morgan fingerprint density at radius 1 is 1.15 bits per heavy atom. The number of carbonyl (C=O) groups is 1. The molecule has 144 valence electrons. The van der Waals surface area contributed by atoms with Gasteiger partial charge < -0.3 is 14.4 Å². The van der Waals surface area contributed by atoms with Crippen LogP contribution in [0.5, 0.6) is 6.01 Å². The van der Waals surface area contributed by atoms with Crippen molar-refractivity contribution in [2.75, 3.05) is 18.6 Å². The van der Waals surface area contributed by atoms with Gasteiger partial charge in [0.2, 0.25) is 0 Å². The lowest BCUT2D eigenvalue weighted by molar-refractivity contribution is 0.0240. The molecule has 3 rings (SSSR count). The van der Waals surface area contributed by atoms with E-state index in [0.717, 1.165) is 36.5 Å². The van der Waals surface area contributed by atoms with Crippen LogP contribution in [0, 0.1) is 0 Å². The molecule has 0 radical (unpaired) electrons. The van der Waals surface area contributed by atoms with Crippen LogP contribution in [0.3, 0.4) is 0 Å². The van der Waals surface area contributed by atoms with Crippen LogP contribution < -0.4 is 9.64 Å². The van der Waals surface area contributed by atoms with Gasteiger partial charge in [0.25, 0.3) is 0 Å². The number of hydrogen-bond donors (Lipinski definition) is 0. The number of methoxy groups -OCH3 is 1. The molecule has 0 aromatic carbocycles. The zero-order valence-corrected chi connectivity index (χ0v) is 16.5. The summed E-state index contributed by atoms with van der Waals surface area (Å²) in [5.74, 6) is 0.910. The third kappa shape index (κ3) is 4.02. The van der Waals surface area contributed by atoms with E-state index in [-0.39, 0.29) is 6.09 Å². The molecule has 7 heteroatoms. The van der Waals surface area contributed by atoms with E-state index in [2.05, 4.69) is 21.8 Å². The Morgan fingerprint density at radius 2 is 1.92 bits per heavy atom. The first-order valence-electron chi connectivity index (χ1n) is 9.47. The van der Waals surface area contributed by atoms with Crippen LogP contribution >= 0.6 is 0 Å². The maximum atomic E-state index is 12.5. The Labute approximate surface area is 155 Å². The predicted octanol–water partition coefficient (Wildman–Crippen LogP) is 3.50. The fourth-order valence-corrected chi connectivity index (χ4v) is 3.59. The minimum Gasteiger partial charge on any atom is -0.467 e. The molecular formula is C19H30N4O3. The molecule has 0 N–H and O–H groups in total. The van der Waals surface area contributed by atoms with E-state index in [4.69, 9.17) is 9.47 Å². The van der Waals surface area contributed by atoms with Gasteiger partial charge in [-0.3, -0.25) is 4.90 Å². The number of amides is 1. The van der Waals surface area contributed by atoms with E-state index in [0.29, 0.717) is 25.1 Å². The summed E-state index contributed by atoms with van der Waals surface area (Å²) in [6, 6.07) is 0.776. The van der Waals surface area contributed by atoms with Gasteiger partial charge >= 0.3 is 12.1 Å². The fourth-order valence-electron chi connectivity index (χ4n) is 3.59. The summed E-state index contributed by atoms with van der Waals surface area (Å²) in [7, 11) is 1.58. The molecule has 1 aromatic rings. The highest BCUT2D eigenvalue weighted by atomic mass is 16.6. The maximum Gasteiger partial charge on any atom is 0.410 e. The van der Waals surface area contributed by atoms with E-state index in [1.165, 1.54) is 12.8 Å². The van der Waals surface area contributed by atoms with Gasteiger partial charge in [0.15, 0.2) is 0 Å². The Kier molecular flexibility index (Phi) is 5.25. The molecule has 1 saturated heterocycles. The lowest BCUT2D eigenvalue weighted by Gasteiger charge is -2.30. The Balaban J connectivity index is 1.90. The van der Waals surface area contributed by atoms with Crippen LogP contribution in [-0.2, 0) is 17.8 Å². The van der Waals surface area contributed by atoms with Crippen molar-refractivity contribution < 1.29 is 14.3 Å². The monoisotopic (exact) mass is 362 g/mol. The van der Waals surface area contributed by atoms with E-state index < -0.39 is 5.60 Å². The molecule has 1 amide bonds. The number of nitrogens with zero attached hydrogens (tertiary/aromatic N) is 4. The van der Waals surface area contributed by atoms with E-state index >= 15 is 0 Å². The molecular weight excluding hydrogens is 332 g/mol. The second kappa shape index (κ2) is 7.29. The van der Waals surface area contributed by atoms with Crippen molar-refractivity contribution in [2.45, 2.75) is 78.1 Å². The second-order valence-electron chi connectivity index (χ2n) is 8.19. The van der Waals surface area contributed by atoms with Gasteiger partial charge in [0.1, 0.15) is 11.4 Å². The molecule has 1 unspecified atom stereocenters. The Morgan fingerprint density at radius 3 is 2.62 bits per heavy atom. The van der Waals surface area contributed by atoms with Crippen LogP contribution in [0.15, 0.2) is 0 Å². The SMILES string of the molecule is COc1nc2c(c(N3CCCCCC3C)n1)CN(C(=O)OC(C)(C)C)C2. The van der Waals surface area contributed by atoms with E-state index in [9.17, 15) is 4.79 Å². The largest absolute Gasteiger partial charge is 0.467 e. The minimum atomic E-state index is -0.517. The zero-order chi connectivity index (χ0) is 18.9. The Hall–Kier alpha value is -2.05. The van der Waals surface area contributed by atoms with Gasteiger partial charge in [-0.2, -0.15) is 9.97 Å². The molecule has 1 aromatic heterocycles. The topological polar surface area (TPSA) is 67.8 Å². The molecule has 0 spiro atoms. The van der Waals surface area contributed by atoms with Gasteiger partial charge in [-0.25, -0.2) is 4.79 Å². The molecule has 2 aliphatic rings. The van der Waals surface area contributed by atoms with Crippen molar-refractivity contribution in [3.05, 3.63) is 11.3 Å². The first-order valence-corrected chi connectivity index (χ1v) is 9.47. The summed E-state index contributed by atoms with van der Waals surface area (Å²) in [5, 5.41) is 0. The lowest BCUT2D eigenvalue weighted by Crippen LogP contribution is -2.35. The highest BCUT2D eigenvalue weighted by Gasteiger charge is 2.34. The molecule has 7 nitrogen and oxygen atoms in total.